The van der Waals surface area contributed by atoms with Gasteiger partial charge in [0.05, 0.1) is 11.9 Å². The number of nitrogens with one attached hydrogen (secondary N) is 1. The molecule has 1 aliphatic heterocycles. The molecule has 0 unspecified atom stereocenters. The summed E-state index contributed by atoms with van der Waals surface area (Å²) in [6.07, 6.45) is 5.65. The Bertz CT molecular complexity index is 703. The van der Waals surface area contributed by atoms with E-state index in [-0.39, 0.29) is 18.0 Å². The summed E-state index contributed by atoms with van der Waals surface area (Å²) >= 11 is 0. The van der Waals surface area contributed by atoms with Crippen molar-refractivity contribution in [2.24, 2.45) is 0 Å². The van der Waals surface area contributed by atoms with Gasteiger partial charge in [0.1, 0.15) is 12.4 Å². The first-order chi connectivity index (χ1) is 10.7. The van der Waals surface area contributed by atoms with Crippen LogP contribution in [0.2, 0.25) is 0 Å². The largest absolute Gasteiger partial charge is 0.357 e. The van der Waals surface area contributed by atoms with Gasteiger partial charge in [-0.05, 0) is 31.0 Å². The van der Waals surface area contributed by atoms with Crippen molar-refractivity contribution in [3.63, 3.8) is 0 Å². The Morgan fingerprint density at radius 3 is 2.68 bits per heavy atom. The molecule has 0 radical (unpaired) electrons. The topological polar surface area (TPSA) is 67.2 Å². The van der Waals surface area contributed by atoms with E-state index in [1.165, 1.54) is 23.5 Å². The van der Waals surface area contributed by atoms with Crippen molar-refractivity contribution < 1.29 is 4.79 Å². The lowest BCUT2D eigenvalue weighted by Gasteiger charge is -2.16. The SMILES string of the molecule is O=C(Cn1ccccc1=O)Nc1ccc(N2CCCC2)nc1. The van der Waals surface area contributed by atoms with E-state index in [0.29, 0.717) is 5.69 Å². The summed E-state index contributed by atoms with van der Waals surface area (Å²) in [5, 5.41) is 2.76. The van der Waals surface area contributed by atoms with Crippen LogP contribution < -0.4 is 15.8 Å². The summed E-state index contributed by atoms with van der Waals surface area (Å²) in [4.78, 5) is 30.1. The number of hydrogen-bond acceptors (Lipinski definition) is 4. The van der Waals surface area contributed by atoms with Crippen LogP contribution in [0.5, 0.6) is 0 Å². The van der Waals surface area contributed by atoms with Gasteiger partial charge in [0.15, 0.2) is 0 Å². The van der Waals surface area contributed by atoms with Gasteiger partial charge < -0.3 is 14.8 Å². The molecule has 0 saturated carbocycles. The molecule has 3 heterocycles. The van der Waals surface area contributed by atoms with Gasteiger partial charge in [-0.1, -0.05) is 6.07 Å². The zero-order valence-corrected chi connectivity index (χ0v) is 12.2. The minimum Gasteiger partial charge on any atom is -0.357 e. The van der Waals surface area contributed by atoms with E-state index in [9.17, 15) is 9.59 Å². The van der Waals surface area contributed by atoms with Gasteiger partial charge in [0, 0.05) is 25.4 Å². The average molecular weight is 298 g/mol. The van der Waals surface area contributed by atoms with Crippen LogP contribution in [0.15, 0.2) is 47.5 Å². The summed E-state index contributed by atoms with van der Waals surface area (Å²) in [5.74, 6) is 0.693. The predicted octanol–water partition coefficient (Wildman–Crippen LogP) is 1.48. The van der Waals surface area contributed by atoms with E-state index >= 15 is 0 Å². The quantitative estimate of drug-likeness (QED) is 0.928. The first kappa shape index (κ1) is 14.3. The van der Waals surface area contributed by atoms with Crippen molar-refractivity contribution in [3.8, 4) is 0 Å². The minimum absolute atomic E-state index is 0.00640. The number of aromatic nitrogens is 2. The Balaban J connectivity index is 1.62. The number of rotatable bonds is 4. The Hall–Kier alpha value is -2.63. The average Bonchev–Trinajstić information content (AvgIpc) is 3.05. The molecule has 1 aliphatic rings. The molecule has 6 nitrogen and oxygen atoms in total. The number of carbonyl (C=O) groups is 1. The first-order valence-electron chi connectivity index (χ1n) is 7.39. The molecule has 1 amide bonds. The fourth-order valence-corrected chi connectivity index (χ4v) is 2.54. The van der Waals surface area contributed by atoms with Crippen molar-refractivity contribution in [2.45, 2.75) is 19.4 Å². The van der Waals surface area contributed by atoms with Gasteiger partial charge in [-0.3, -0.25) is 9.59 Å². The third-order valence-corrected chi connectivity index (χ3v) is 3.67. The second-order valence-corrected chi connectivity index (χ2v) is 5.31. The van der Waals surface area contributed by atoms with Gasteiger partial charge in [0.2, 0.25) is 5.91 Å². The predicted molar refractivity (Wildman–Crippen MR) is 85.0 cm³/mol. The van der Waals surface area contributed by atoms with E-state index in [4.69, 9.17) is 0 Å². The van der Waals surface area contributed by atoms with E-state index in [0.717, 1.165) is 18.9 Å². The molecule has 1 N–H and O–H groups in total. The molecule has 0 atom stereocenters. The van der Waals surface area contributed by atoms with Crippen LogP contribution in [0.1, 0.15) is 12.8 Å². The molecule has 0 bridgehead atoms. The van der Waals surface area contributed by atoms with Crippen LogP contribution in [0.25, 0.3) is 0 Å². The molecular formula is C16H18N4O2. The maximum atomic E-state index is 12.0. The third kappa shape index (κ3) is 3.33. The number of amides is 1. The monoisotopic (exact) mass is 298 g/mol. The van der Waals surface area contributed by atoms with Crippen molar-refractivity contribution in [1.82, 2.24) is 9.55 Å². The highest BCUT2D eigenvalue weighted by Crippen LogP contribution is 2.18. The summed E-state index contributed by atoms with van der Waals surface area (Å²) in [6.45, 7) is 2.07. The fourth-order valence-electron chi connectivity index (χ4n) is 2.54. The Labute approximate surface area is 128 Å². The van der Waals surface area contributed by atoms with Crippen LogP contribution in [0.3, 0.4) is 0 Å². The maximum absolute atomic E-state index is 12.0. The lowest BCUT2D eigenvalue weighted by molar-refractivity contribution is -0.116. The van der Waals surface area contributed by atoms with Gasteiger partial charge in [-0.15, -0.1) is 0 Å². The zero-order chi connectivity index (χ0) is 15.4. The van der Waals surface area contributed by atoms with Crippen molar-refractivity contribution in [3.05, 3.63) is 53.1 Å². The molecule has 0 spiro atoms. The maximum Gasteiger partial charge on any atom is 0.250 e. The molecule has 6 heteroatoms. The number of carbonyl (C=O) groups excluding carboxylic acids is 1. The molecule has 1 saturated heterocycles. The van der Waals surface area contributed by atoms with Gasteiger partial charge >= 0.3 is 0 Å². The van der Waals surface area contributed by atoms with Gasteiger partial charge in [-0.25, -0.2) is 4.98 Å². The lowest BCUT2D eigenvalue weighted by atomic mass is 10.3. The first-order valence-corrected chi connectivity index (χ1v) is 7.39. The smallest absolute Gasteiger partial charge is 0.250 e. The molecular weight excluding hydrogens is 280 g/mol. The van der Waals surface area contributed by atoms with Crippen LogP contribution in [0.4, 0.5) is 11.5 Å². The standard InChI is InChI=1S/C16H18N4O2/c21-15(12-20-10-2-1-5-16(20)22)18-13-6-7-14(17-11-13)19-8-3-4-9-19/h1-2,5-7,10-11H,3-4,8-9,12H2,(H,18,21). The van der Waals surface area contributed by atoms with E-state index in [2.05, 4.69) is 15.2 Å². The third-order valence-electron chi connectivity index (χ3n) is 3.67. The molecule has 22 heavy (non-hydrogen) atoms. The lowest BCUT2D eigenvalue weighted by Crippen LogP contribution is -2.26. The molecule has 114 valence electrons. The Morgan fingerprint density at radius 1 is 1.18 bits per heavy atom. The Morgan fingerprint density at radius 2 is 2.00 bits per heavy atom. The van der Waals surface area contributed by atoms with E-state index in [1.54, 1.807) is 24.5 Å². The highest BCUT2D eigenvalue weighted by atomic mass is 16.2. The van der Waals surface area contributed by atoms with Crippen molar-refractivity contribution in [2.75, 3.05) is 23.3 Å². The highest BCUT2D eigenvalue weighted by molar-refractivity contribution is 5.90. The normalized spacial score (nSPS) is 14.1. The van der Waals surface area contributed by atoms with Gasteiger partial charge in [0.25, 0.3) is 5.56 Å². The summed E-state index contributed by atoms with van der Waals surface area (Å²) in [6, 6.07) is 8.56. The second-order valence-electron chi connectivity index (χ2n) is 5.31. The van der Waals surface area contributed by atoms with E-state index < -0.39 is 0 Å². The van der Waals surface area contributed by atoms with Gasteiger partial charge in [-0.2, -0.15) is 0 Å². The Kier molecular flexibility index (Phi) is 4.18. The summed E-state index contributed by atoms with van der Waals surface area (Å²) < 4.78 is 1.36. The molecule has 1 fully saturated rings. The number of anilines is 2. The molecule has 0 aliphatic carbocycles. The molecule has 2 aromatic rings. The molecule has 0 aromatic carbocycles. The fraction of sp³-hybridized carbons (Fsp3) is 0.312. The number of pyridine rings is 2. The molecule has 3 rings (SSSR count). The summed E-state index contributed by atoms with van der Waals surface area (Å²) in [7, 11) is 0. The summed E-state index contributed by atoms with van der Waals surface area (Å²) in [5.41, 5.74) is 0.442. The van der Waals surface area contributed by atoms with E-state index in [1.807, 2.05) is 12.1 Å². The molecule has 2 aromatic heterocycles. The van der Waals surface area contributed by atoms with Crippen LogP contribution >= 0.6 is 0 Å². The minimum atomic E-state index is -0.246. The second kappa shape index (κ2) is 6.43. The number of hydrogen-bond donors (Lipinski definition) is 1. The van der Waals surface area contributed by atoms with Crippen molar-refractivity contribution >= 4 is 17.4 Å². The van der Waals surface area contributed by atoms with Crippen LogP contribution in [-0.2, 0) is 11.3 Å². The zero-order valence-electron chi connectivity index (χ0n) is 12.2. The van der Waals surface area contributed by atoms with Crippen LogP contribution in [0, 0.1) is 0 Å². The van der Waals surface area contributed by atoms with Crippen LogP contribution in [-0.4, -0.2) is 28.5 Å². The highest BCUT2D eigenvalue weighted by Gasteiger charge is 2.13. The number of nitrogens with zero attached hydrogens (tertiary/aromatic N) is 3. The van der Waals surface area contributed by atoms with Crippen molar-refractivity contribution in [1.29, 1.82) is 0 Å².